The first-order chi connectivity index (χ1) is 21.1. The van der Waals surface area contributed by atoms with Crippen molar-refractivity contribution in [1.29, 1.82) is 0 Å². The van der Waals surface area contributed by atoms with Crippen molar-refractivity contribution in [2.75, 3.05) is 39.3 Å². The third-order valence-electron chi connectivity index (χ3n) is 9.11. The molecule has 0 radical (unpaired) electrons. The number of amides is 1. The van der Waals surface area contributed by atoms with Gasteiger partial charge in [0.25, 0.3) is 0 Å². The Morgan fingerprint density at radius 1 is 1.05 bits per heavy atom. The molecule has 6 rings (SSSR count). The van der Waals surface area contributed by atoms with Crippen molar-refractivity contribution in [3.8, 4) is 11.5 Å². The number of nitrogens with one attached hydrogen (secondary N) is 1. The van der Waals surface area contributed by atoms with E-state index in [2.05, 4.69) is 26.7 Å². The number of nitrogens with zero attached hydrogens (tertiary/aromatic N) is 4. The lowest BCUT2D eigenvalue weighted by molar-refractivity contribution is -0.139. The molecule has 1 unspecified atom stereocenters. The molecule has 0 saturated carbocycles. The fraction of sp³-hybridized carbons (Fsp3) is 0.412. The number of hydrogen-bond acceptors (Lipinski definition) is 5. The molecule has 1 atom stereocenters. The third kappa shape index (κ3) is 6.19. The van der Waals surface area contributed by atoms with E-state index in [0.29, 0.717) is 30.0 Å². The number of carbonyl (C=O) groups is 1. The van der Waals surface area contributed by atoms with Gasteiger partial charge in [0, 0.05) is 51.7 Å². The normalized spacial score (nSPS) is 18.0. The molecule has 4 aromatic rings. The fourth-order valence-electron chi connectivity index (χ4n) is 6.59. The van der Waals surface area contributed by atoms with Gasteiger partial charge in [0.15, 0.2) is 0 Å². The van der Waals surface area contributed by atoms with Gasteiger partial charge in [-0.15, -0.1) is 0 Å². The standard InChI is InChI=1S/C34H38F3N5O2/c1-4-40-13-15-41(16-14-40)21-25-6-5-24(18-30(25)34(35,36)37)19-32(43)42-12-9-27-22(2)17-26(20-29(27)23(42)3)44-31-8-11-39-33-28(31)7-10-38-33/h5-8,10-11,17-18,20,23H,4,9,12-16,19,21H2,1-3H3,(H,38,39). The quantitative estimate of drug-likeness (QED) is 0.260. The molecule has 4 heterocycles. The number of halogens is 3. The van der Waals surface area contributed by atoms with Crippen LogP contribution >= 0.6 is 0 Å². The van der Waals surface area contributed by atoms with Crippen molar-refractivity contribution < 1.29 is 22.7 Å². The summed E-state index contributed by atoms with van der Waals surface area (Å²) in [7, 11) is 0. The van der Waals surface area contributed by atoms with E-state index in [0.717, 1.165) is 54.9 Å². The molecule has 7 nitrogen and oxygen atoms in total. The van der Waals surface area contributed by atoms with E-state index < -0.39 is 11.7 Å². The summed E-state index contributed by atoms with van der Waals surface area (Å²) in [4.78, 5) is 27.1. The van der Waals surface area contributed by atoms with Gasteiger partial charge in [0.1, 0.15) is 17.1 Å². The minimum atomic E-state index is -4.49. The highest BCUT2D eigenvalue weighted by Crippen LogP contribution is 2.38. The van der Waals surface area contributed by atoms with Crippen molar-refractivity contribution in [2.45, 2.75) is 52.4 Å². The third-order valence-corrected chi connectivity index (χ3v) is 9.11. The summed E-state index contributed by atoms with van der Waals surface area (Å²) in [6.07, 6.45) is -0.408. The number of H-pyrrole nitrogens is 1. The average Bonchev–Trinajstić information content (AvgIpc) is 3.48. The molecule has 1 amide bonds. The molecule has 0 bridgehead atoms. The summed E-state index contributed by atoms with van der Waals surface area (Å²) in [5, 5.41) is 0.871. The number of likely N-dealkylation sites (N-methyl/N-ethyl adjacent to an activating group) is 1. The molecule has 0 aliphatic carbocycles. The zero-order chi connectivity index (χ0) is 31.0. The molecular weight excluding hydrogens is 567 g/mol. The van der Waals surface area contributed by atoms with Crippen molar-refractivity contribution in [3.05, 3.63) is 88.2 Å². The highest BCUT2D eigenvalue weighted by molar-refractivity contribution is 5.82. The minimum absolute atomic E-state index is 0.0874. The number of rotatable bonds is 7. The summed E-state index contributed by atoms with van der Waals surface area (Å²) in [6, 6.07) is 11.9. The Kier molecular flexibility index (Phi) is 8.39. The molecule has 0 spiro atoms. The maximum atomic E-state index is 14.2. The van der Waals surface area contributed by atoms with E-state index in [9.17, 15) is 18.0 Å². The lowest BCUT2D eigenvalue weighted by Gasteiger charge is -2.36. The number of aryl methyl sites for hydroxylation is 1. The SMILES string of the molecule is CCN1CCN(Cc2ccc(CC(=O)N3CCc4c(C)cc(Oc5ccnc6[nH]ccc56)cc4C3C)cc2C(F)(F)F)CC1. The van der Waals surface area contributed by atoms with Gasteiger partial charge in [-0.25, -0.2) is 4.98 Å². The largest absolute Gasteiger partial charge is 0.457 e. The zero-order valence-corrected chi connectivity index (χ0v) is 25.4. The Morgan fingerprint density at radius 3 is 2.57 bits per heavy atom. The average molecular weight is 606 g/mol. The second-order valence-electron chi connectivity index (χ2n) is 11.8. The predicted molar refractivity (Wildman–Crippen MR) is 164 cm³/mol. The van der Waals surface area contributed by atoms with Gasteiger partial charge in [-0.05, 0) is 85.0 Å². The number of ether oxygens (including phenoxy) is 1. The van der Waals surface area contributed by atoms with Gasteiger partial charge in [-0.1, -0.05) is 19.1 Å². The van der Waals surface area contributed by atoms with Gasteiger partial charge in [-0.2, -0.15) is 13.2 Å². The Hall–Kier alpha value is -3.89. The van der Waals surface area contributed by atoms with E-state index in [-0.39, 0.29) is 30.5 Å². The summed E-state index contributed by atoms with van der Waals surface area (Å²) in [5.74, 6) is 1.16. The summed E-state index contributed by atoms with van der Waals surface area (Å²) in [5.41, 5.74) is 3.97. The van der Waals surface area contributed by atoms with Gasteiger partial charge >= 0.3 is 6.18 Å². The molecule has 2 aliphatic heterocycles. The lowest BCUT2D eigenvalue weighted by atomic mass is 9.89. The molecule has 232 valence electrons. The van der Waals surface area contributed by atoms with Gasteiger partial charge in [-0.3, -0.25) is 9.69 Å². The number of carbonyl (C=O) groups excluding carboxylic acids is 1. The lowest BCUT2D eigenvalue weighted by Crippen LogP contribution is -2.45. The maximum absolute atomic E-state index is 14.2. The molecule has 2 aliphatic rings. The zero-order valence-electron chi connectivity index (χ0n) is 25.4. The topological polar surface area (TPSA) is 64.7 Å². The fourth-order valence-corrected chi connectivity index (χ4v) is 6.59. The van der Waals surface area contributed by atoms with E-state index >= 15 is 0 Å². The van der Waals surface area contributed by atoms with Crippen LogP contribution in [0.25, 0.3) is 11.0 Å². The highest BCUT2D eigenvalue weighted by atomic mass is 19.4. The van der Waals surface area contributed by atoms with E-state index in [1.54, 1.807) is 23.2 Å². The number of piperazine rings is 1. The minimum Gasteiger partial charge on any atom is -0.457 e. The first kappa shape index (κ1) is 30.1. The van der Waals surface area contributed by atoms with Crippen LogP contribution in [0.4, 0.5) is 13.2 Å². The number of benzene rings is 2. The van der Waals surface area contributed by atoms with Crippen molar-refractivity contribution in [3.63, 3.8) is 0 Å². The van der Waals surface area contributed by atoms with Gasteiger partial charge < -0.3 is 19.5 Å². The van der Waals surface area contributed by atoms with Crippen LogP contribution in [0.15, 0.2) is 54.9 Å². The molecule has 44 heavy (non-hydrogen) atoms. The van der Waals surface area contributed by atoms with Crippen LogP contribution in [0.2, 0.25) is 0 Å². The first-order valence-electron chi connectivity index (χ1n) is 15.3. The summed E-state index contributed by atoms with van der Waals surface area (Å²) < 4.78 is 48.8. The van der Waals surface area contributed by atoms with Crippen LogP contribution in [0.5, 0.6) is 11.5 Å². The van der Waals surface area contributed by atoms with E-state index in [1.165, 1.54) is 11.6 Å². The number of pyridine rings is 1. The Morgan fingerprint density at radius 2 is 1.82 bits per heavy atom. The van der Waals surface area contributed by atoms with Gasteiger partial charge in [0.2, 0.25) is 5.91 Å². The summed E-state index contributed by atoms with van der Waals surface area (Å²) in [6.45, 7) is 11.0. The number of alkyl halides is 3. The van der Waals surface area contributed by atoms with Crippen LogP contribution in [-0.2, 0) is 30.4 Å². The number of hydrogen-bond donors (Lipinski definition) is 1. The molecule has 1 saturated heterocycles. The Balaban J connectivity index is 1.18. The first-order valence-corrected chi connectivity index (χ1v) is 15.3. The van der Waals surface area contributed by atoms with E-state index in [4.69, 9.17) is 4.74 Å². The second kappa shape index (κ2) is 12.2. The molecule has 2 aromatic carbocycles. The Labute approximate surface area is 255 Å². The molecule has 1 N–H and O–H groups in total. The summed E-state index contributed by atoms with van der Waals surface area (Å²) >= 11 is 0. The molecule has 1 fully saturated rings. The van der Waals surface area contributed by atoms with Crippen LogP contribution < -0.4 is 4.74 Å². The van der Waals surface area contributed by atoms with Crippen LogP contribution in [0, 0.1) is 6.92 Å². The van der Waals surface area contributed by atoms with Gasteiger partial charge in [0.05, 0.1) is 23.4 Å². The van der Waals surface area contributed by atoms with Crippen LogP contribution in [0.3, 0.4) is 0 Å². The van der Waals surface area contributed by atoms with Crippen molar-refractivity contribution >= 4 is 16.9 Å². The highest BCUT2D eigenvalue weighted by Gasteiger charge is 2.35. The predicted octanol–water partition coefficient (Wildman–Crippen LogP) is 6.51. The number of fused-ring (bicyclic) bond motifs is 2. The van der Waals surface area contributed by atoms with Crippen molar-refractivity contribution in [2.24, 2.45) is 0 Å². The smallest absolute Gasteiger partial charge is 0.416 e. The monoisotopic (exact) mass is 605 g/mol. The Bertz CT molecular complexity index is 1660. The van der Waals surface area contributed by atoms with Crippen LogP contribution in [-0.4, -0.2) is 69.8 Å². The van der Waals surface area contributed by atoms with Crippen molar-refractivity contribution in [1.82, 2.24) is 24.7 Å². The number of aromatic nitrogens is 2. The molecule has 2 aromatic heterocycles. The number of aromatic amines is 1. The van der Waals surface area contributed by atoms with Crippen LogP contribution in [0.1, 0.15) is 53.3 Å². The van der Waals surface area contributed by atoms with E-state index in [1.807, 2.05) is 44.3 Å². The maximum Gasteiger partial charge on any atom is 0.416 e. The molecule has 10 heteroatoms. The second-order valence-corrected chi connectivity index (χ2v) is 11.8. The molecular formula is C34H38F3N5O2.